The standard InChI is InChI=1S/C6H11NO4/c1-6(2,4(8)9)3-11-5(7)10/h3H2,1-2H3,(H2,7,10)(H,8,9). The summed E-state index contributed by atoms with van der Waals surface area (Å²) < 4.78 is 4.33. The topological polar surface area (TPSA) is 89.6 Å². The number of hydrogen-bond donors (Lipinski definition) is 2. The molecule has 1 amide bonds. The van der Waals surface area contributed by atoms with E-state index in [-0.39, 0.29) is 6.61 Å². The predicted octanol–water partition coefficient (Wildman–Crippen LogP) is 0.192. The van der Waals surface area contributed by atoms with Crippen LogP contribution < -0.4 is 5.73 Å². The van der Waals surface area contributed by atoms with Crippen LogP contribution in [0, 0.1) is 5.41 Å². The molecule has 0 bridgehead atoms. The van der Waals surface area contributed by atoms with Gasteiger partial charge in [-0.1, -0.05) is 0 Å². The van der Waals surface area contributed by atoms with Gasteiger partial charge in [-0.3, -0.25) is 4.79 Å². The lowest BCUT2D eigenvalue weighted by Crippen LogP contribution is -2.31. The highest BCUT2D eigenvalue weighted by molar-refractivity contribution is 5.74. The summed E-state index contributed by atoms with van der Waals surface area (Å²) in [6.07, 6.45) is -0.959. The molecule has 0 aliphatic carbocycles. The number of carbonyl (C=O) groups is 2. The van der Waals surface area contributed by atoms with Gasteiger partial charge in [-0.2, -0.15) is 0 Å². The number of aliphatic carboxylic acids is 1. The second-order valence-electron chi connectivity index (χ2n) is 2.80. The Balaban J connectivity index is 3.92. The van der Waals surface area contributed by atoms with Crippen molar-refractivity contribution in [3.05, 3.63) is 0 Å². The minimum Gasteiger partial charge on any atom is -0.481 e. The molecule has 0 radical (unpaired) electrons. The van der Waals surface area contributed by atoms with E-state index in [0.29, 0.717) is 0 Å². The fraction of sp³-hybridized carbons (Fsp3) is 0.667. The maximum Gasteiger partial charge on any atom is 0.404 e. The fourth-order valence-corrected chi connectivity index (χ4v) is 0.313. The quantitative estimate of drug-likeness (QED) is 0.618. The normalized spacial score (nSPS) is 10.7. The summed E-state index contributed by atoms with van der Waals surface area (Å²) in [6, 6.07) is 0. The van der Waals surface area contributed by atoms with Crippen LogP contribution in [0.5, 0.6) is 0 Å². The maximum atomic E-state index is 10.4. The average molecular weight is 161 g/mol. The zero-order valence-electron chi connectivity index (χ0n) is 6.46. The fourth-order valence-electron chi connectivity index (χ4n) is 0.313. The lowest BCUT2D eigenvalue weighted by molar-refractivity contribution is -0.148. The van der Waals surface area contributed by atoms with Crippen LogP contribution in [0.3, 0.4) is 0 Å². The Hall–Kier alpha value is -1.26. The number of nitrogens with two attached hydrogens (primary N) is 1. The average Bonchev–Trinajstić information content (AvgIpc) is 1.84. The number of rotatable bonds is 3. The van der Waals surface area contributed by atoms with Gasteiger partial charge in [0.05, 0.1) is 5.41 Å². The van der Waals surface area contributed by atoms with E-state index in [1.807, 2.05) is 0 Å². The lowest BCUT2D eigenvalue weighted by atomic mass is 9.95. The molecule has 0 aromatic carbocycles. The monoisotopic (exact) mass is 161 g/mol. The summed E-state index contributed by atoms with van der Waals surface area (Å²) in [5.41, 5.74) is 3.57. The van der Waals surface area contributed by atoms with Crippen LogP contribution in [0.1, 0.15) is 13.8 Å². The molecule has 0 saturated carbocycles. The van der Waals surface area contributed by atoms with Gasteiger partial charge >= 0.3 is 12.1 Å². The SMILES string of the molecule is CC(C)(COC(N)=O)C(=O)O. The molecule has 0 aromatic heterocycles. The molecule has 0 aliphatic heterocycles. The summed E-state index contributed by atoms with van der Waals surface area (Å²) >= 11 is 0. The van der Waals surface area contributed by atoms with Crippen LogP contribution in [0.25, 0.3) is 0 Å². The van der Waals surface area contributed by atoms with E-state index in [4.69, 9.17) is 5.11 Å². The predicted molar refractivity (Wildman–Crippen MR) is 37.0 cm³/mol. The molecule has 5 heteroatoms. The van der Waals surface area contributed by atoms with E-state index in [2.05, 4.69) is 10.5 Å². The molecule has 64 valence electrons. The molecule has 0 aliphatic rings. The Labute approximate surface area is 64.1 Å². The smallest absolute Gasteiger partial charge is 0.404 e. The van der Waals surface area contributed by atoms with Gasteiger partial charge in [0, 0.05) is 0 Å². The highest BCUT2D eigenvalue weighted by Crippen LogP contribution is 2.14. The van der Waals surface area contributed by atoms with E-state index in [9.17, 15) is 9.59 Å². The van der Waals surface area contributed by atoms with Crippen molar-refractivity contribution >= 4 is 12.1 Å². The van der Waals surface area contributed by atoms with Crippen molar-refractivity contribution in [2.75, 3.05) is 6.61 Å². The molecule has 0 unspecified atom stereocenters. The van der Waals surface area contributed by atoms with Crippen molar-refractivity contribution in [1.82, 2.24) is 0 Å². The molecule has 0 aromatic rings. The van der Waals surface area contributed by atoms with Crippen molar-refractivity contribution in [1.29, 1.82) is 0 Å². The third kappa shape index (κ3) is 3.44. The maximum absolute atomic E-state index is 10.4. The Kier molecular flexibility index (Phi) is 2.86. The van der Waals surface area contributed by atoms with E-state index >= 15 is 0 Å². The van der Waals surface area contributed by atoms with Crippen LogP contribution in [-0.2, 0) is 9.53 Å². The summed E-state index contributed by atoms with van der Waals surface area (Å²) in [5, 5.41) is 8.52. The highest BCUT2D eigenvalue weighted by atomic mass is 16.5. The van der Waals surface area contributed by atoms with Gasteiger partial charge in [0.1, 0.15) is 6.61 Å². The number of amides is 1. The largest absolute Gasteiger partial charge is 0.481 e. The second-order valence-corrected chi connectivity index (χ2v) is 2.80. The molecular weight excluding hydrogens is 150 g/mol. The molecule has 0 heterocycles. The third-order valence-electron chi connectivity index (χ3n) is 1.15. The number of primary amides is 1. The third-order valence-corrected chi connectivity index (χ3v) is 1.15. The van der Waals surface area contributed by atoms with Gasteiger partial charge in [0.2, 0.25) is 0 Å². The molecular formula is C6H11NO4. The van der Waals surface area contributed by atoms with Crippen LogP contribution in [0.15, 0.2) is 0 Å². The van der Waals surface area contributed by atoms with Crippen molar-refractivity contribution in [2.45, 2.75) is 13.8 Å². The molecule has 3 N–H and O–H groups in total. The first-order valence-corrected chi connectivity index (χ1v) is 3.02. The summed E-state index contributed by atoms with van der Waals surface area (Å²) in [4.78, 5) is 20.5. The number of carbonyl (C=O) groups excluding carboxylic acids is 1. The van der Waals surface area contributed by atoms with Gasteiger partial charge in [0.25, 0.3) is 0 Å². The van der Waals surface area contributed by atoms with Gasteiger partial charge in [-0.25, -0.2) is 4.79 Å². The molecule has 0 fully saturated rings. The van der Waals surface area contributed by atoms with Gasteiger partial charge < -0.3 is 15.6 Å². The first-order chi connectivity index (χ1) is 4.86. The highest BCUT2D eigenvalue weighted by Gasteiger charge is 2.28. The van der Waals surface area contributed by atoms with Crippen molar-refractivity contribution in [2.24, 2.45) is 11.1 Å². The van der Waals surface area contributed by atoms with Crippen molar-refractivity contribution in [3.8, 4) is 0 Å². The first kappa shape index (κ1) is 9.74. The van der Waals surface area contributed by atoms with E-state index in [1.54, 1.807) is 0 Å². The van der Waals surface area contributed by atoms with Gasteiger partial charge in [0.15, 0.2) is 0 Å². The minimum atomic E-state index is -1.07. The molecule has 0 atom stereocenters. The number of hydrogen-bond acceptors (Lipinski definition) is 3. The van der Waals surface area contributed by atoms with Gasteiger partial charge in [-0.05, 0) is 13.8 Å². The Morgan fingerprint density at radius 1 is 1.55 bits per heavy atom. The minimum absolute atomic E-state index is 0.211. The van der Waals surface area contributed by atoms with E-state index < -0.39 is 17.5 Å². The van der Waals surface area contributed by atoms with Crippen LogP contribution >= 0.6 is 0 Å². The van der Waals surface area contributed by atoms with Gasteiger partial charge in [-0.15, -0.1) is 0 Å². The van der Waals surface area contributed by atoms with E-state index in [0.717, 1.165) is 0 Å². The lowest BCUT2D eigenvalue weighted by Gasteiger charge is -2.17. The van der Waals surface area contributed by atoms with Crippen LogP contribution in [0.4, 0.5) is 4.79 Å². The Morgan fingerprint density at radius 2 is 2.00 bits per heavy atom. The van der Waals surface area contributed by atoms with E-state index in [1.165, 1.54) is 13.8 Å². The molecule has 0 saturated heterocycles. The Morgan fingerprint density at radius 3 is 2.27 bits per heavy atom. The first-order valence-electron chi connectivity index (χ1n) is 3.02. The number of carboxylic acids is 1. The Bertz CT molecular complexity index is 175. The zero-order chi connectivity index (χ0) is 9.07. The van der Waals surface area contributed by atoms with Crippen molar-refractivity contribution in [3.63, 3.8) is 0 Å². The molecule has 0 spiro atoms. The summed E-state index contributed by atoms with van der Waals surface area (Å²) in [5.74, 6) is -1.03. The number of ether oxygens (including phenoxy) is 1. The summed E-state index contributed by atoms with van der Waals surface area (Å²) in [6.45, 7) is 2.67. The molecule has 0 rings (SSSR count). The summed E-state index contributed by atoms with van der Waals surface area (Å²) in [7, 11) is 0. The molecule has 11 heavy (non-hydrogen) atoms. The zero-order valence-corrected chi connectivity index (χ0v) is 6.46. The number of carboxylic acid groups (broad SMARTS) is 1. The van der Waals surface area contributed by atoms with Crippen molar-refractivity contribution < 1.29 is 19.4 Å². The van der Waals surface area contributed by atoms with Crippen LogP contribution in [-0.4, -0.2) is 23.8 Å². The molecule has 5 nitrogen and oxygen atoms in total. The van der Waals surface area contributed by atoms with Crippen LogP contribution in [0.2, 0.25) is 0 Å². The second kappa shape index (κ2) is 3.23.